The predicted octanol–water partition coefficient (Wildman–Crippen LogP) is 8.51. The molecule has 3 heteroatoms. The van der Waals surface area contributed by atoms with Gasteiger partial charge in [0.05, 0.1) is 11.6 Å². The second-order valence-electron chi connectivity index (χ2n) is 12.6. The molecule has 1 aliphatic heterocycles. The van der Waals surface area contributed by atoms with E-state index in [0.717, 1.165) is 42.2 Å². The average Bonchev–Trinajstić information content (AvgIpc) is 3.55. The molecule has 5 aliphatic rings. The molecule has 9 atom stereocenters. The number of fused-ring (bicyclic) bond motifs is 3. The summed E-state index contributed by atoms with van der Waals surface area (Å²) in [5.41, 5.74) is 3.16. The van der Waals surface area contributed by atoms with E-state index in [2.05, 4.69) is 63.5 Å². The maximum atomic E-state index is 12.2. The summed E-state index contributed by atoms with van der Waals surface area (Å²) in [4.78, 5) is 16.6. The summed E-state index contributed by atoms with van der Waals surface area (Å²) in [7, 11) is 0. The third kappa shape index (κ3) is 4.72. The van der Waals surface area contributed by atoms with Crippen LogP contribution in [-0.2, 0) is 9.53 Å². The Morgan fingerprint density at radius 1 is 1.08 bits per heavy atom. The number of hydrogen-bond donors (Lipinski definition) is 0. The highest BCUT2D eigenvalue weighted by molar-refractivity contribution is 5.76. The van der Waals surface area contributed by atoms with Crippen LogP contribution in [0.25, 0.3) is 5.57 Å². The van der Waals surface area contributed by atoms with Crippen LogP contribution < -0.4 is 0 Å². The van der Waals surface area contributed by atoms with Crippen LogP contribution in [0.2, 0.25) is 0 Å². The van der Waals surface area contributed by atoms with E-state index in [-0.39, 0.29) is 30.8 Å². The van der Waals surface area contributed by atoms with E-state index in [4.69, 9.17) is 4.74 Å². The minimum atomic E-state index is 0. The summed E-state index contributed by atoms with van der Waals surface area (Å²) >= 11 is 0. The van der Waals surface area contributed by atoms with Gasteiger partial charge in [-0.05, 0) is 111 Å². The molecule has 36 heavy (non-hydrogen) atoms. The first kappa shape index (κ1) is 27.1. The third-order valence-electron chi connectivity index (χ3n) is 10.8. The van der Waals surface area contributed by atoms with Gasteiger partial charge in [-0.25, -0.2) is 0 Å². The van der Waals surface area contributed by atoms with Crippen molar-refractivity contribution in [3.8, 4) is 0 Å². The van der Waals surface area contributed by atoms with Crippen molar-refractivity contribution in [2.45, 2.75) is 99.0 Å². The minimum Gasteiger partial charge on any atom is -0.462 e. The molecule has 1 aromatic rings. The quantitative estimate of drug-likeness (QED) is 0.314. The zero-order valence-electron chi connectivity index (χ0n) is 22.3. The monoisotopic (exact) mass is 491 g/mol. The summed E-state index contributed by atoms with van der Waals surface area (Å²) in [6.45, 7) is 13.1. The Bertz CT molecular complexity index is 969. The van der Waals surface area contributed by atoms with E-state index >= 15 is 0 Å². The number of hydrogen-bond acceptors (Lipinski definition) is 3. The van der Waals surface area contributed by atoms with Gasteiger partial charge in [0.2, 0.25) is 0 Å². The lowest BCUT2D eigenvalue weighted by Crippen LogP contribution is -2.36. The summed E-state index contributed by atoms with van der Waals surface area (Å²) in [6, 6.07) is 6.16. The van der Waals surface area contributed by atoms with E-state index in [1.165, 1.54) is 50.5 Å². The summed E-state index contributed by atoms with van der Waals surface area (Å²) < 4.78 is 5.62. The predicted molar refractivity (Wildman–Crippen MR) is 149 cm³/mol. The van der Waals surface area contributed by atoms with Crippen molar-refractivity contribution < 1.29 is 9.53 Å². The topological polar surface area (TPSA) is 39.2 Å². The molecule has 0 radical (unpaired) electrons. The van der Waals surface area contributed by atoms with E-state index in [0.29, 0.717) is 11.3 Å². The van der Waals surface area contributed by atoms with Gasteiger partial charge in [-0.1, -0.05) is 52.8 Å². The van der Waals surface area contributed by atoms with Crippen molar-refractivity contribution >= 4 is 11.5 Å². The van der Waals surface area contributed by atoms with Crippen molar-refractivity contribution in [3.63, 3.8) is 0 Å². The van der Waals surface area contributed by atoms with Gasteiger partial charge in [0.1, 0.15) is 6.10 Å². The molecule has 3 saturated carbocycles. The second kappa shape index (κ2) is 10.5. The van der Waals surface area contributed by atoms with E-state index in [9.17, 15) is 4.79 Å². The Hall–Kier alpha value is -1.90. The van der Waals surface area contributed by atoms with Gasteiger partial charge in [0.25, 0.3) is 0 Å². The van der Waals surface area contributed by atoms with Crippen molar-refractivity contribution in [2.24, 2.45) is 46.3 Å². The van der Waals surface area contributed by atoms with Gasteiger partial charge in [-0.3, -0.25) is 9.78 Å². The summed E-state index contributed by atoms with van der Waals surface area (Å²) in [5.74, 6) is 4.22. The molecule has 4 fully saturated rings. The number of aromatic nitrogens is 1. The largest absolute Gasteiger partial charge is 0.462 e. The number of carbonyl (C=O) groups excluding carboxylic acids is 1. The molecule has 3 nitrogen and oxygen atoms in total. The number of esters is 1. The van der Waals surface area contributed by atoms with Crippen molar-refractivity contribution in [3.05, 3.63) is 48.8 Å². The molecule has 1 saturated heterocycles. The molecule has 0 spiro atoms. The molecule has 0 aromatic carbocycles. The molecule has 1 aromatic heterocycles. The highest BCUT2D eigenvalue weighted by Gasteiger charge is 2.57. The maximum absolute atomic E-state index is 12.2. The highest BCUT2D eigenvalue weighted by atomic mass is 16.6. The molecule has 5 unspecified atom stereocenters. The first-order valence-corrected chi connectivity index (χ1v) is 14.3. The summed E-state index contributed by atoms with van der Waals surface area (Å²) in [5, 5.41) is 0. The smallest absolute Gasteiger partial charge is 0.309 e. The lowest BCUT2D eigenvalue weighted by molar-refractivity contribution is -0.144. The molecular weight excluding hydrogens is 442 g/mol. The SMILES string of the molecule is C.C=CC12CC(C)C(c3ccccn3)=CC1C2.CCC12C[C@@H]3CC[C@@H](C)CC3CC[C@H]1C(=O)O[C@@H]2C. The van der Waals surface area contributed by atoms with Crippen LogP contribution in [0.3, 0.4) is 0 Å². The Kier molecular flexibility index (Phi) is 7.89. The Morgan fingerprint density at radius 3 is 2.56 bits per heavy atom. The third-order valence-corrected chi connectivity index (χ3v) is 10.8. The van der Waals surface area contributed by atoms with Crippen LogP contribution in [0.15, 0.2) is 43.1 Å². The van der Waals surface area contributed by atoms with E-state index < -0.39 is 0 Å². The maximum Gasteiger partial charge on any atom is 0.309 e. The van der Waals surface area contributed by atoms with Gasteiger partial charge in [-0.15, -0.1) is 6.58 Å². The van der Waals surface area contributed by atoms with Gasteiger partial charge >= 0.3 is 5.97 Å². The summed E-state index contributed by atoms with van der Waals surface area (Å²) in [6.07, 6.45) is 17.9. The fourth-order valence-corrected chi connectivity index (χ4v) is 8.40. The van der Waals surface area contributed by atoms with Gasteiger partial charge in [-0.2, -0.15) is 0 Å². The second-order valence-corrected chi connectivity index (χ2v) is 12.6. The molecule has 6 rings (SSSR count). The molecule has 4 aliphatic carbocycles. The van der Waals surface area contributed by atoms with Gasteiger partial charge < -0.3 is 4.74 Å². The van der Waals surface area contributed by atoms with Crippen LogP contribution >= 0.6 is 0 Å². The molecule has 0 N–H and O–H groups in total. The molecular formula is C33H49NO2. The Labute approximate surface area is 220 Å². The van der Waals surface area contributed by atoms with E-state index in [1.54, 1.807) is 0 Å². The van der Waals surface area contributed by atoms with Crippen LogP contribution in [0.1, 0.15) is 98.6 Å². The first-order chi connectivity index (χ1) is 16.8. The molecule has 2 heterocycles. The van der Waals surface area contributed by atoms with Crippen molar-refractivity contribution in [1.82, 2.24) is 4.98 Å². The number of pyridine rings is 1. The van der Waals surface area contributed by atoms with Crippen LogP contribution in [-0.4, -0.2) is 17.1 Å². The van der Waals surface area contributed by atoms with Gasteiger partial charge in [0, 0.05) is 11.6 Å². The lowest BCUT2D eigenvalue weighted by Gasteiger charge is -2.39. The lowest BCUT2D eigenvalue weighted by atomic mass is 9.64. The van der Waals surface area contributed by atoms with Crippen LogP contribution in [0.4, 0.5) is 0 Å². The van der Waals surface area contributed by atoms with Crippen LogP contribution in [0.5, 0.6) is 0 Å². The normalized spacial score (nSPS) is 42.5. The Balaban J connectivity index is 0.000000167. The highest BCUT2D eigenvalue weighted by Crippen LogP contribution is 2.63. The number of allylic oxidation sites excluding steroid dienone is 3. The van der Waals surface area contributed by atoms with Crippen molar-refractivity contribution in [2.75, 3.05) is 0 Å². The minimum absolute atomic E-state index is 0. The molecule has 0 amide bonds. The van der Waals surface area contributed by atoms with Crippen molar-refractivity contribution in [1.29, 1.82) is 0 Å². The zero-order valence-corrected chi connectivity index (χ0v) is 22.3. The fourth-order valence-electron chi connectivity index (χ4n) is 8.40. The van der Waals surface area contributed by atoms with Crippen LogP contribution in [0, 0.1) is 46.3 Å². The average molecular weight is 492 g/mol. The number of rotatable bonds is 3. The number of carbonyl (C=O) groups is 1. The fraction of sp³-hybridized carbons (Fsp3) is 0.697. The molecule has 198 valence electrons. The van der Waals surface area contributed by atoms with E-state index in [1.807, 2.05) is 12.3 Å². The van der Waals surface area contributed by atoms with Gasteiger partial charge in [0.15, 0.2) is 0 Å². The standard InChI is InChI=1S/C17H28O2.C15H17N.CH4/c1-4-17-10-14-6-5-11(2)9-13(14)7-8-15(17)16(18)19-12(17)3;1-3-15-9-11(2)13(8-12(15)10-15)14-6-4-5-7-16-14;/h11-15H,4-10H2,1-3H3;3-8,11-12H,1,9-10H2,2H3;1H4/t11-,12-,13?,14+,15+,17?;;/m1../s1. The number of nitrogens with zero attached hydrogens (tertiary/aromatic N) is 1. The number of cyclic esters (lactones) is 1. The molecule has 0 bridgehead atoms. The Morgan fingerprint density at radius 2 is 1.86 bits per heavy atom. The first-order valence-electron chi connectivity index (χ1n) is 14.3. The zero-order chi connectivity index (χ0) is 24.8. The number of ether oxygens (including phenoxy) is 1.